The first-order chi connectivity index (χ1) is 24.3. The lowest BCUT2D eigenvalue weighted by molar-refractivity contribution is 0.668. The van der Waals surface area contributed by atoms with Crippen molar-refractivity contribution in [2.75, 3.05) is 4.90 Å². The number of benzene rings is 8. The highest BCUT2D eigenvalue weighted by molar-refractivity contribution is 6.14. The van der Waals surface area contributed by atoms with Gasteiger partial charge in [-0.05, 0) is 93.7 Å². The average molecular weight is 628 g/mol. The van der Waals surface area contributed by atoms with Gasteiger partial charge in [-0.3, -0.25) is 0 Å². The first-order valence-corrected chi connectivity index (χ1v) is 16.6. The molecule has 2 aromatic heterocycles. The minimum absolute atomic E-state index is 0.865. The molecular formula is C46H29NO2. The predicted octanol–water partition coefficient (Wildman–Crippen LogP) is 13.4. The Morgan fingerprint density at radius 1 is 0.347 bits per heavy atom. The van der Waals surface area contributed by atoms with Crippen molar-refractivity contribution in [2.45, 2.75) is 0 Å². The topological polar surface area (TPSA) is 29.5 Å². The number of fused-ring (bicyclic) bond motifs is 7. The van der Waals surface area contributed by atoms with Crippen molar-refractivity contribution in [3.05, 3.63) is 176 Å². The van der Waals surface area contributed by atoms with Gasteiger partial charge >= 0.3 is 0 Å². The SMILES string of the molecule is c1ccc(-c2ccccc2-c2ccc(N(c3ccc4cc5oc6ccccc6c5cc4c3)c3cccc4oc5ccccc5c34)cc2)cc1. The Morgan fingerprint density at radius 3 is 1.76 bits per heavy atom. The highest BCUT2D eigenvalue weighted by Crippen LogP contribution is 2.44. The third kappa shape index (κ3) is 4.51. The quantitative estimate of drug-likeness (QED) is 0.190. The summed E-state index contributed by atoms with van der Waals surface area (Å²) in [7, 11) is 0. The van der Waals surface area contributed by atoms with Crippen molar-refractivity contribution in [3.63, 3.8) is 0 Å². The molecule has 0 aliphatic carbocycles. The van der Waals surface area contributed by atoms with Crippen LogP contribution in [0, 0.1) is 0 Å². The van der Waals surface area contributed by atoms with Crippen molar-refractivity contribution >= 4 is 71.7 Å². The van der Waals surface area contributed by atoms with E-state index in [1.165, 1.54) is 22.3 Å². The minimum atomic E-state index is 0.865. The Bertz CT molecular complexity index is 2830. The standard InChI is InChI=1S/C46H29NO2/c1-2-11-30(12-3-1)36-13-4-5-14-37(36)31-21-24-34(25-22-31)47(41-17-10-20-44-46(41)39-16-7-9-19-43(39)48-44)35-26-23-32-29-45-40(28-33(32)27-35)38-15-6-8-18-42(38)49-45/h1-29H. The summed E-state index contributed by atoms with van der Waals surface area (Å²) in [5.74, 6) is 0. The van der Waals surface area contributed by atoms with Gasteiger partial charge in [-0.15, -0.1) is 0 Å². The zero-order valence-corrected chi connectivity index (χ0v) is 26.5. The maximum atomic E-state index is 6.36. The van der Waals surface area contributed by atoms with E-state index in [1.54, 1.807) is 0 Å². The van der Waals surface area contributed by atoms with Crippen molar-refractivity contribution in [3.8, 4) is 22.3 Å². The van der Waals surface area contributed by atoms with Crippen molar-refractivity contribution in [1.82, 2.24) is 0 Å². The molecule has 0 fully saturated rings. The van der Waals surface area contributed by atoms with Crippen LogP contribution < -0.4 is 4.90 Å². The van der Waals surface area contributed by atoms with Gasteiger partial charge < -0.3 is 13.7 Å². The summed E-state index contributed by atoms with van der Waals surface area (Å²) >= 11 is 0. The van der Waals surface area contributed by atoms with Crippen molar-refractivity contribution in [2.24, 2.45) is 0 Å². The van der Waals surface area contributed by atoms with Gasteiger partial charge in [-0.25, -0.2) is 0 Å². The van der Waals surface area contributed by atoms with E-state index in [0.29, 0.717) is 0 Å². The zero-order chi connectivity index (χ0) is 32.3. The van der Waals surface area contributed by atoms with Crippen LogP contribution in [0.15, 0.2) is 185 Å². The number of furan rings is 2. The summed E-state index contributed by atoms with van der Waals surface area (Å²) in [5, 5.41) is 6.72. The predicted molar refractivity (Wildman–Crippen MR) is 204 cm³/mol. The molecule has 0 aliphatic heterocycles. The smallest absolute Gasteiger partial charge is 0.137 e. The highest BCUT2D eigenvalue weighted by atomic mass is 16.3. The number of hydrogen-bond donors (Lipinski definition) is 0. The fourth-order valence-electron chi connectivity index (χ4n) is 7.36. The lowest BCUT2D eigenvalue weighted by Crippen LogP contribution is -2.10. The molecule has 0 atom stereocenters. The molecule has 230 valence electrons. The van der Waals surface area contributed by atoms with Crippen LogP contribution in [0.3, 0.4) is 0 Å². The normalized spacial score (nSPS) is 11.7. The summed E-state index contributed by atoms with van der Waals surface area (Å²) in [6.45, 7) is 0. The first-order valence-electron chi connectivity index (χ1n) is 16.6. The van der Waals surface area contributed by atoms with E-state index in [4.69, 9.17) is 8.83 Å². The summed E-state index contributed by atoms with van der Waals surface area (Å²) in [6.07, 6.45) is 0. The number of nitrogens with zero attached hydrogens (tertiary/aromatic N) is 1. The van der Waals surface area contributed by atoms with E-state index in [9.17, 15) is 0 Å². The van der Waals surface area contributed by atoms with Crippen LogP contribution in [0.4, 0.5) is 17.1 Å². The van der Waals surface area contributed by atoms with Gasteiger partial charge in [0.05, 0.1) is 11.1 Å². The van der Waals surface area contributed by atoms with Gasteiger partial charge in [-0.1, -0.05) is 115 Å². The van der Waals surface area contributed by atoms with Crippen LogP contribution in [0.2, 0.25) is 0 Å². The number of rotatable bonds is 5. The van der Waals surface area contributed by atoms with E-state index >= 15 is 0 Å². The molecular weight excluding hydrogens is 599 g/mol. The summed E-state index contributed by atoms with van der Waals surface area (Å²) in [5.41, 5.74) is 11.5. The third-order valence-electron chi connectivity index (χ3n) is 9.65. The zero-order valence-electron chi connectivity index (χ0n) is 26.5. The average Bonchev–Trinajstić information content (AvgIpc) is 3.73. The summed E-state index contributed by atoms with van der Waals surface area (Å²) in [4.78, 5) is 2.36. The Hall–Kier alpha value is -6.58. The molecule has 0 bridgehead atoms. The molecule has 0 amide bonds. The van der Waals surface area contributed by atoms with Gasteiger partial charge in [-0.2, -0.15) is 0 Å². The monoisotopic (exact) mass is 627 g/mol. The minimum Gasteiger partial charge on any atom is -0.456 e. The summed E-state index contributed by atoms with van der Waals surface area (Å²) < 4.78 is 12.6. The fourth-order valence-corrected chi connectivity index (χ4v) is 7.36. The molecule has 0 aliphatic rings. The maximum absolute atomic E-state index is 6.36. The molecule has 0 N–H and O–H groups in total. The maximum Gasteiger partial charge on any atom is 0.137 e. The molecule has 10 aromatic rings. The molecule has 0 spiro atoms. The van der Waals surface area contributed by atoms with Gasteiger partial charge in [0.1, 0.15) is 22.3 Å². The second-order valence-corrected chi connectivity index (χ2v) is 12.5. The van der Waals surface area contributed by atoms with Crippen LogP contribution in [-0.2, 0) is 0 Å². The van der Waals surface area contributed by atoms with Gasteiger partial charge in [0.15, 0.2) is 0 Å². The lowest BCUT2D eigenvalue weighted by atomic mass is 9.94. The Kier molecular flexibility index (Phi) is 6.18. The van der Waals surface area contributed by atoms with E-state index in [2.05, 4.69) is 157 Å². The van der Waals surface area contributed by atoms with Gasteiger partial charge in [0.25, 0.3) is 0 Å². The van der Waals surface area contributed by atoms with Crippen molar-refractivity contribution < 1.29 is 8.83 Å². The lowest BCUT2D eigenvalue weighted by Gasteiger charge is -2.27. The Labute approximate surface area is 282 Å². The van der Waals surface area contributed by atoms with Crippen LogP contribution >= 0.6 is 0 Å². The molecule has 0 saturated heterocycles. The molecule has 0 saturated carbocycles. The van der Waals surface area contributed by atoms with Crippen LogP contribution in [0.25, 0.3) is 76.9 Å². The second kappa shape index (κ2) is 11.0. The Balaban J connectivity index is 1.17. The van der Waals surface area contributed by atoms with Crippen molar-refractivity contribution in [1.29, 1.82) is 0 Å². The molecule has 3 nitrogen and oxygen atoms in total. The number of anilines is 3. The Morgan fingerprint density at radius 2 is 0.959 bits per heavy atom. The highest BCUT2D eigenvalue weighted by Gasteiger charge is 2.20. The van der Waals surface area contributed by atoms with Crippen LogP contribution in [0.5, 0.6) is 0 Å². The molecule has 10 rings (SSSR count). The second-order valence-electron chi connectivity index (χ2n) is 12.5. The summed E-state index contributed by atoms with van der Waals surface area (Å²) in [6, 6.07) is 62.1. The van der Waals surface area contributed by atoms with Gasteiger partial charge in [0, 0.05) is 27.5 Å². The fraction of sp³-hybridized carbons (Fsp3) is 0. The van der Waals surface area contributed by atoms with Gasteiger partial charge in [0.2, 0.25) is 0 Å². The molecule has 0 unspecified atom stereocenters. The van der Waals surface area contributed by atoms with Crippen LogP contribution in [-0.4, -0.2) is 0 Å². The molecule has 2 heterocycles. The van der Waals surface area contributed by atoms with E-state index in [0.717, 1.165) is 71.7 Å². The van der Waals surface area contributed by atoms with Crippen LogP contribution in [0.1, 0.15) is 0 Å². The number of hydrogen-bond acceptors (Lipinski definition) is 3. The largest absolute Gasteiger partial charge is 0.456 e. The molecule has 8 aromatic carbocycles. The molecule has 49 heavy (non-hydrogen) atoms. The number of para-hydroxylation sites is 2. The van der Waals surface area contributed by atoms with E-state index < -0.39 is 0 Å². The van der Waals surface area contributed by atoms with E-state index in [-0.39, 0.29) is 0 Å². The third-order valence-corrected chi connectivity index (χ3v) is 9.65. The molecule has 0 radical (unpaired) electrons. The molecule has 3 heteroatoms. The first kappa shape index (κ1) is 27.5. The van der Waals surface area contributed by atoms with E-state index in [1.807, 2.05) is 24.3 Å².